The Morgan fingerprint density at radius 2 is 2.30 bits per heavy atom. The number of carbonyl (C=O) groups is 1. The van der Waals surface area contributed by atoms with Crippen LogP contribution in [0.2, 0.25) is 5.02 Å². The van der Waals surface area contributed by atoms with Crippen molar-refractivity contribution >= 4 is 17.6 Å². The van der Waals surface area contributed by atoms with Gasteiger partial charge in [-0.15, -0.1) is 0 Å². The third-order valence-corrected chi connectivity index (χ3v) is 2.97. The minimum Gasteiger partial charge on any atom is -0.394 e. The second kappa shape index (κ2) is 8.55. The number of allylic oxidation sites excluding steroid dienone is 1. The molecule has 0 aliphatic carbocycles. The molecule has 4 nitrogen and oxygen atoms in total. The fourth-order valence-corrected chi connectivity index (χ4v) is 1.73. The number of amides is 2. The molecule has 0 saturated carbocycles. The third-order valence-electron chi connectivity index (χ3n) is 2.67. The summed E-state index contributed by atoms with van der Waals surface area (Å²) in [6.45, 7) is 2.06. The summed E-state index contributed by atoms with van der Waals surface area (Å²) in [5.74, 6) is -0.585. The first-order chi connectivity index (χ1) is 9.58. The first kappa shape index (κ1) is 16.5. The largest absolute Gasteiger partial charge is 0.394 e. The topological polar surface area (TPSA) is 61.4 Å². The summed E-state index contributed by atoms with van der Waals surface area (Å²) in [6.07, 6.45) is 4.55. The van der Waals surface area contributed by atoms with Crippen LogP contribution in [0.1, 0.15) is 24.9 Å². The summed E-state index contributed by atoms with van der Waals surface area (Å²) in [5.41, 5.74) is 0.456. The molecule has 0 spiro atoms. The number of hydrogen-bond acceptors (Lipinski definition) is 2. The van der Waals surface area contributed by atoms with Crippen molar-refractivity contribution in [1.29, 1.82) is 0 Å². The Morgan fingerprint density at radius 1 is 1.55 bits per heavy atom. The van der Waals surface area contributed by atoms with Crippen LogP contribution in [0.15, 0.2) is 30.4 Å². The highest BCUT2D eigenvalue weighted by atomic mass is 35.5. The average molecular weight is 301 g/mol. The van der Waals surface area contributed by atoms with Gasteiger partial charge in [0.25, 0.3) is 0 Å². The fourth-order valence-electron chi connectivity index (χ4n) is 1.61. The predicted molar refractivity (Wildman–Crippen MR) is 77.2 cm³/mol. The van der Waals surface area contributed by atoms with Gasteiger partial charge in [-0.25, -0.2) is 9.18 Å². The van der Waals surface area contributed by atoms with E-state index in [0.29, 0.717) is 12.1 Å². The Hall–Kier alpha value is -1.59. The van der Waals surface area contributed by atoms with E-state index < -0.39 is 17.9 Å². The molecule has 2 amide bonds. The molecule has 0 saturated heterocycles. The second-order valence-electron chi connectivity index (χ2n) is 4.17. The second-order valence-corrected chi connectivity index (χ2v) is 4.57. The molecule has 0 fully saturated rings. The van der Waals surface area contributed by atoms with Crippen LogP contribution >= 0.6 is 11.6 Å². The maximum absolute atomic E-state index is 13.4. The lowest BCUT2D eigenvalue weighted by molar-refractivity contribution is 0.217. The zero-order valence-electron chi connectivity index (χ0n) is 11.2. The molecule has 3 N–H and O–H groups in total. The van der Waals surface area contributed by atoms with Gasteiger partial charge in [0, 0.05) is 6.54 Å². The van der Waals surface area contributed by atoms with E-state index in [4.69, 9.17) is 11.6 Å². The number of rotatable bonds is 6. The van der Waals surface area contributed by atoms with Crippen LogP contribution < -0.4 is 10.6 Å². The summed E-state index contributed by atoms with van der Waals surface area (Å²) in [7, 11) is 0. The molecule has 1 unspecified atom stereocenters. The zero-order chi connectivity index (χ0) is 15.0. The molecule has 1 atom stereocenters. The van der Waals surface area contributed by atoms with E-state index in [1.807, 2.05) is 19.1 Å². The summed E-state index contributed by atoms with van der Waals surface area (Å²) in [4.78, 5) is 11.6. The van der Waals surface area contributed by atoms with E-state index in [1.54, 1.807) is 6.07 Å². The normalized spacial score (nSPS) is 12.4. The standard InChI is InChI=1S/C14H18ClFN2O2/c1-2-3-4-7-17-14(20)18-13(9-19)10-5-6-11(15)12(16)8-10/h2-3,5-6,8,13,19H,4,7,9H2,1H3,(H2,17,18,20)/b3-2+. The number of aliphatic hydroxyl groups excluding tert-OH is 1. The van der Waals surface area contributed by atoms with Crippen molar-refractivity contribution in [2.45, 2.75) is 19.4 Å². The minimum absolute atomic E-state index is 0.00115. The van der Waals surface area contributed by atoms with Crippen LogP contribution in [0.3, 0.4) is 0 Å². The average Bonchev–Trinajstić information content (AvgIpc) is 2.44. The summed E-state index contributed by atoms with van der Waals surface area (Å²) in [5, 5.41) is 14.5. The summed E-state index contributed by atoms with van der Waals surface area (Å²) in [6, 6.07) is 3.06. The van der Waals surface area contributed by atoms with Crippen LogP contribution in [0, 0.1) is 5.82 Å². The van der Waals surface area contributed by atoms with Gasteiger partial charge in [0.15, 0.2) is 0 Å². The van der Waals surface area contributed by atoms with Gasteiger partial charge in [-0.3, -0.25) is 0 Å². The van der Waals surface area contributed by atoms with Crippen LogP contribution in [-0.4, -0.2) is 24.3 Å². The monoisotopic (exact) mass is 300 g/mol. The highest BCUT2D eigenvalue weighted by molar-refractivity contribution is 6.30. The van der Waals surface area contributed by atoms with Crippen molar-refractivity contribution in [3.8, 4) is 0 Å². The lowest BCUT2D eigenvalue weighted by Gasteiger charge is -2.17. The van der Waals surface area contributed by atoms with Gasteiger partial charge in [0.05, 0.1) is 17.7 Å². The Labute approximate surface area is 122 Å². The van der Waals surface area contributed by atoms with Crippen molar-refractivity contribution in [2.24, 2.45) is 0 Å². The van der Waals surface area contributed by atoms with Crippen LogP contribution in [0.5, 0.6) is 0 Å². The molecule has 1 aromatic rings. The van der Waals surface area contributed by atoms with Gasteiger partial charge in [-0.05, 0) is 31.0 Å². The SMILES string of the molecule is C/C=C/CCNC(=O)NC(CO)c1ccc(Cl)c(F)c1. The van der Waals surface area contributed by atoms with Gasteiger partial charge >= 0.3 is 6.03 Å². The molecule has 0 radical (unpaired) electrons. The molecular formula is C14H18ClFN2O2. The number of urea groups is 1. The summed E-state index contributed by atoms with van der Waals surface area (Å²) >= 11 is 5.59. The Kier molecular flexibility index (Phi) is 7.04. The molecule has 20 heavy (non-hydrogen) atoms. The molecular weight excluding hydrogens is 283 g/mol. The molecule has 0 aromatic heterocycles. The van der Waals surface area contributed by atoms with Crippen LogP contribution in [-0.2, 0) is 0 Å². The van der Waals surface area contributed by atoms with Gasteiger partial charge in [0.2, 0.25) is 0 Å². The van der Waals surface area contributed by atoms with Crippen molar-refractivity contribution in [3.63, 3.8) is 0 Å². The van der Waals surface area contributed by atoms with Crippen molar-refractivity contribution in [2.75, 3.05) is 13.2 Å². The lowest BCUT2D eigenvalue weighted by Crippen LogP contribution is -2.39. The molecule has 6 heteroatoms. The Bertz CT molecular complexity index is 480. The minimum atomic E-state index is -0.677. The molecule has 0 bridgehead atoms. The molecule has 1 rings (SSSR count). The Morgan fingerprint density at radius 3 is 2.90 bits per heavy atom. The quantitative estimate of drug-likeness (QED) is 0.559. The fraction of sp³-hybridized carbons (Fsp3) is 0.357. The predicted octanol–water partition coefficient (Wildman–Crippen LogP) is 2.78. The van der Waals surface area contributed by atoms with Crippen molar-refractivity contribution in [3.05, 3.63) is 46.8 Å². The lowest BCUT2D eigenvalue weighted by atomic mass is 10.1. The Balaban J connectivity index is 2.57. The maximum Gasteiger partial charge on any atom is 0.315 e. The first-order valence-corrected chi connectivity index (χ1v) is 6.67. The molecule has 0 aliphatic heterocycles. The number of hydrogen-bond donors (Lipinski definition) is 3. The number of nitrogens with one attached hydrogen (secondary N) is 2. The van der Waals surface area contributed by atoms with E-state index >= 15 is 0 Å². The first-order valence-electron chi connectivity index (χ1n) is 6.29. The molecule has 110 valence electrons. The van der Waals surface area contributed by atoms with Crippen molar-refractivity contribution < 1.29 is 14.3 Å². The maximum atomic E-state index is 13.4. The van der Waals surface area contributed by atoms with E-state index in [1.165, 1.54) is 12.1 Å². The van der Waals surface area contributed by atoms with E-state index in [-0.39, 0.29) is 11.6 Å². The molecule has 0 heterocycles. The third kappa shape index (κ3) is 5.19. The highest BCUT2D eigenvalue weighted by Gasteiger charge is 2.14. The molecule has 0 aliphatic rings. The number of benzene rings is 1. The van der Waals surface area contributed by atoms with E-state index in [2.05, 4.69) is 10.6 Å². The number of aliphatic hydroxyl groups is 1. The van der Waals surface area contributed by atoms with Gasteiger partial charge < -0.3 is 15.7 Å². The number of carbonyl (C=O) groups excluding carboxylic acids is 1. The van der Waals surface area contributed by atoms with Crippen LogP contribution in [0.4, 0.5) is 9.18 Å². The smallest absolute Gasteiger partial charge is 0.315 e. The number of halogens is 2. The van der Waals surface area contributed by atoms with E-state index in [0.717, 1.165) is 6.42 Å². The molecule has 1 aromatic carbocycles. The van der Waals surface area contributed by atoms with Crippen LogP contribution in [0.25, 0.3) is 0 Å². The summed E-state index contributed by atoms with van der Waals surface area (Å²) < 4.78 is 13.4. The van der Waals surface area contributed by atoms with Gasteiger partial charge in [-0.2, -0.15) is 0 Å². The highest BCUT2D eigenvalue weighted by Crippen LogP contribution is 2.20. The van der Waals surface area contributed by atoms with Gasteiger partial charge in [-0.1, -0.05) is 29.8 Å². The van der Waals surface area contributed by atoms with Gasteiger partial charge in [0.1, 0.15) is 5.82 Å². The van der Waals surface area contributed by atoms with Crippen molar-refractivity contribution in [1.82, 2.24) is 10.6 Å². The van der Waals surface area contributed by atoms with E-state index in [9.17, 15) is 14.3 Å². The zero-order valence-corrected chi connectivity index (χ0v) is 12.0.